The third kappa shape index (κ3) is 4.86. The highest BCUT2D eigenvalue weighted by Gasteiger charge is 2.16. The van der Waals surface area contributed by atoms with Crippen LogP contribution in [0.4, 0.5) is 5.69 Å². The summed E-state index contributed by atoms with van der Waals surface area (Å²) in [6.07, 6.45) is 0.874. The van der Waals surface area contributed by atoms with Gasteiger partial charge in [0, 0.05) is 6.42 Å². The Bertz CT molecular complexity index is 960. The molecule has 0 aliphatic rings. The number of rotatable bonds is 7. The van der Waals surface area contributed by atoms with Gasteiger partial charge < -0.3 is 10.1 Å². The Morgan fingerprint density at radius 3 is 2.57 bits per heavy atom. The monoisotopic (exact) mass is 397 g/mol. The van der Waals surface area contributed by atoms with Crippen LogP contribution in [0.25, 0.3) is 5.69 Å². The lowest BCUT2D eigenvalue weighted by molar-refractivity contribution is -0.147. The first-order chi connectivity index (χ1) is 13.4. The number of hydrogen-bond donors (Lipinski definition) is 1. The van der Waals surface area contributed by atoms with E-state index in [1.165, 1.54) is 5.56 Å². The molecule has 7 heteroatoms. The number of esters is 1. The van der Waals surface area contributed by atoms with E-state index >= 15 is 0 Å². The summed E-state index contributed by atoms with van der Waals surface area (Å²) in [5, 5.41) is 11.3. The molecule has 0 spiro atoms. The molecule has 2 aromatic heterocycles. The van der Waals surface area contributed by atoms with Crippen molar-refractivity contribution < 1.29 is 14.3 Å². The molecule has 0 saturated heterocycles. The molecular formula is C21H23N3O3S. The maximum atomic E-state index is 12.2. The third-order valence-electron chi connectivity index (χ3n) is 4.40. The topological polar surface area (TPSA) is 73.2 Å². The van der Waals surface area contributed by atoms with Crippen molar-refractivity contribution >= 4 is 28.9 Å². The van der Waals surface area contributed by atoms with Crippen LogP contribution in [0, 0.1) is 20.8 Å². The number of ether oxygens (including phenoxy) is 1. The van der Waals surface area contributed by atoms with Gasteiger partial charge in [0.25, 0.3) is 5.91 Å². The summed E-state index contributed by atoms with van der Waals surface area (Å²) in [6.45, 7) is 5.44. The number of carbonyl (C=O) groups is 2. The summed E-state index contributed by atoms with van der Waals surface area (Å²) in [7, 11) is 0. The maximum absolute atomic E-state index is 12.2. The average Bonchev–Trinajstić information content (AvgIpc) is 3.29. The van der Waals surface area contributed by atoms with Crippen molar-refractivity contribution in [2.75, 3.05) is 11.9 Å². The highest BCUT2D eigenvalue weighted by Crippen LogP contribution is 2.23. The van der Waals surface area contributed by atoms with Gasteiger partial charge in [-0.2, -0.15) is 16.4 Å². The van der Waals surface area contributed by atoms with Crippen molar-refractivity contribution in [2.45, 2.75) is 33.6 Å². The lowest BCUT2D eigenvalue weighted by Crippen LogP contribution is -2.21. The fourth-order valence-electron chi connectivity index (χ4n) is 2.84. The van der Waals surface area contributed by atoms with Gasteiger partial charge in [-0.1, -0.05) is 17.7 Å². The third-order valence-corrected chi connectivity index (χ3v) is 5.13. The van der Waals surface area contributed by atoms with Crippen molar-refractivity contribution in [1.29, 1.82) is 0 Å². The molecule has 1 amide bonds. The van der Waals surface area contributed by atoms with E-state index in [-0.39, 0.29) is 24.9 Å². The number of benzene rings is 1. The molecule has 0 radical (unpaired) electrons. The minimum Gasteiger partial charge on any atom is -0.456 e. The van der Waals surface area contributed by atoms with Crippen molar-refractivity contribution in [3.8, 4) is 5.69 Å². The SMILES string of the molecule is Cc1ccc(-n2nc(C)c(NC(=O)COC(=O)CCc3ccsc3)c2C)cc1. The minimum absolute atomic E-state index is 0.257. The van der Waals surface area contributed by atoms with Crippen LogP contribution in [-0.4, -0.2) is 28.3 Å². The molecule has 0 aliphatic carbocycles. The number of hydrogen-bond acceptors (Lipinski definition) is 5. The van der Waals surface area contributed by atoms with Crippen LogP contribution in [0.2, 0.25) is 0 Å². The van der Waals surface area contributed by atoms with E-state index in [2.05, 4.69) is 10.4 Å². The predicted molar refractivity (Wildman–Crippen MR) is 110 cm³/mol. The van der Waals surface area contributed by atoms with E-state index in [9.17, 15) is 9.59 Å². The second-order valence-electron chi connectivity index (χ2n) is 6.63. The predicted octanol–water partition coefficient (Wildman–Crippen LogP) is 3.97. The van der Waals surface area contributed by atoms with Gasteiger partial charge in [-0.3, -0.25) is 9.59 Å². The zero-order chi connectivity index (χ0) is 20.1. The van der Waals surface area contributed by atoms with Gasteiger partial charge in [0.05, 0.1) is 22.8 Å². The molecule has 0 saturated carbocycles. The number of anilines is 1. The molecule has 0 unspecified atom stereocenters. The first-order valence-corrected chi connectivity index (χ1v) is 9.98. The fourth-order valence-corrected chi connectivity index (χ4v) is 3.54. The van der Waals surface area contributed by atoms with Crippen molar-refractivity contribution in [3.05, 3.63) is 63.6 Å². The summed E-state index contributed by atoms with van der Waals surface area (Å²) in [5.41, 5.74) is 5.35. The number of aryl methyl sites for hydroxylation is 3. The standard InChI is InChI=1S/C21H23N3O3S/c1-14-4-7-18(8-5-14)24-16(3)21(15(2)23-24)22-19(25)12-27-20(26)9-6-17-10-11-28-13-17/h4-5,7-8,10-11,13H,6,9,12H2,1-3H3,(H,22,25). The molecular weight excluding hydrogens is 374 g/mol. The first kappa shape index (κ1) is 19.8. The van der Waals surface area contributed by atoms with E-state index in [0.717, 1.165) is 16.9 Å². The number of carbonyl (C=O) groups excluding carboxylic acids is 2. The van der Waals surface area contributed by atoms with Crippen LogP contribution >= 0.6 is 11.3 Å². The fraction of sp³-hybridized carbons (Fsp3) is 0.286. The van der Waals surface area contributed by atoms with E-state index in [1.807, 2.05) is 61.9 Å². The smallest absolute Gasteiger partial charge is 0.306 e. The van der Waals surface area contributed by atoms with Crippen LogP contribution < -0.4 is 5.32 Å². The van der Waals surface area contributed by atoms with E-state index in [1.54, 1.807) is 16.0 Å². The maximum Gasteiger partial charge on any atom is 0.306 e. The van der Waals surface area contributed by atoms with Crippen LogP contribution in [-0.2, 0) is 20.7 Å². The number of aromatic nitrogens is 2. The van der Waals surface area contributed by atoms with E-state index in [4.69, 9.17) is 4.74 Å². The average molecular weight is 398 g/mol. The zero-order valence-electron chi connectivity index (χ0n) is 16.2. The van der Waals surface area contributed by atoms with Crippen molar-refractivity contribution in [2.24, 2.45) is 0 Å². The molecule has 0 atom stereocenters. The number of amides is 1. The molecule has 28 heavy (non-hydrogen) atoms. The highest BCUT2D eigenvalue weighted by atomic mass is 32.1. The number of nitrogens with one attached hydrogen (secondary N) is 1. The second-order valence-corrected chi connectivity index (χ2v) is 7.41. The Morgan fingerprint density at radius 2 is 1.89 bits per heavy atom. The highest BCUT2D eigenvalue weighted by molar-refractivity contribution is 7.07. The molecule has 0 aliphatic heterocycles. The van der Waals surface area contributed by atoms with Crippen LogP contribution in [0.5, 0.6) is 0 Å². The summed E-state index contributed by atoms with van der Waals surface area (Å²) in [6, 6.07) is 9.96. The number of nitrogens with zero attached hydrogens (tertiary/aromatic N) is 2. The zero-order valence-corrected chi connectivity index (χ0v) is 17.0. The van der Waals surface area contributed by atoms with Gasteiger partial charge >= 0.3 is 5.97 Å². The van der Waals surface area contributed by atoms with Gasteiger partial charge in [0.15, 0.2) is 6.61 Å². The molecule has 1 aromatic carbocycles. The lowest BCUT2D eigenvalue weighted by Gasteiger charge is -2.08. The van der Waals surface area contributed by atoms with Gasteiger partial charge in [-0.05, 0) is 61.7 Å². The number of thiophene rings is 1. The minimum atomic E-state index is -0.384. The van der Waals surface area contributed by atoms with Gasteiger partial charge in [-0.25, -0.2) is 4.68 Å². The molecule has 3 rings (SSSR count). The van der Waals surface area contributed by atoms with Gasteiger partial charge in [0.1, 0.15) is 0 Å². The summed E-state index contributed by atoms with van der Waals surface area (Å²) in [5.74, 6) is -0.760. The Kier molecular flexibility index (Phi) is 6.26. The largest absolute Gasteiger partial charge is 0.456 e. The lowest BCUT2D eigenvalue weighted by atomic mass is 10.2. The Labute approximate surface area is 168 Å². The molecule has 1 N–H and O–H groups in total. The molecule has 2 heterocycles. The summed E-state index contributed by atoms with van der Waals surface area (Å²) in [4.78, 5) is 24.1. The van der Waals surface area contributed by atoms with Gasteiger partial charge in [0.2, 0.25) is 0 Å². The molecule has 3 aromatic rings. The summed E-state index contributed by atoms with van der Waals surface area (Å²) >= 11 is 1.59. The van der Waals surface area contributed by atoms with E-state index < -0.39 is 0 Å². The van der Waals surface area contributed by atoms with Crippen molar-refractivity contribution in [1.82, 2.24) is 9.78 Å². The summed E-state index contributed by atoms with van der Waals surface area (Å²) < 4.78 is 6.87. The van der Waals surface area contributed by atoms with Gasteiger partial charge in [-0.15, -0.1) is 0 Å². The van der Waals surface area contributed by atoms with Crippen LogP contribution in [0.1, 0.15) is 28.9 Å². The normalized spacial score (nSPS) is 10.7. The quantitative estimate of drug-likeness (QED) is 0.612. The van der Waals surface area contributed by atoms with Crippen LogP contribution in [0.15, 0.2) is 41.1 Å². The Morgan fingerprint density at radius 1 is 1.14 bits per heavy atom. The Balaban J connectivity index is 1.56. The Hall–Kier alpha value is -2.93. The molecule has 146 valence electrons. The van der Waals surface area contributed by atoms with Crippen molar-refractivity contribution in [3.63, 3.8) is 0 Å². The first-order valence-electron chi connectivity index (χ1n) is 9.04. The second kappa shape index (κ2) is 8.84. The molecule has 0 fully saturated rings. The molecule has 6 nitrogen and oxygen atoms in total. The van der Waals surface area contributed by atoms with Crippen LogP contribution in [0.3, 0.4) is 0 Å². The van der Waals surface area contributed by atoms with E-state index in [0.29, 0.717) is 17.8 Å². The molecule has 0 bridgehead atoms.